The SMILES string of the molecule is ICc1csc(COc2ccc(-c3ccccc3)cc2)n1. The lowest BCUT2D eigenvalue weighted by atomic mass is 10.1. The summed E-state index contributed by atoms with van der Waals surface area (Å²) in [5.74, 6) is 0.876. The number of aromatic nitrogens is 1. The molecule has 0 fully saturated rings. The summed E-state index contributed by atoms with van der Waals surface area (Å²) in [6.45, 7) is 0.534. The Morgan fingerprint density at radius 1 is 0.952 bits per heavy atom. The van der Waals surface area contributed by atoms with E-state index >= 15 is 0 Å². The molecule has 0 N–H and O–H groups in total. The van der Waals surface area contributed by atoms with Crippen LogP contribution in [0.15, 0.2) is 60.0 Å². The van der Waals surface area contributed by atoms with Gasteiger partial charge in [0.25, 0.3) is 0 Å². The normalized spacial score (nSPS) is 10.5. The molecule has 1 aromatic heterocycles. The zero-order valence-corrected chi connectivity index (χ0v) is 14.3. The van der Waals surface area contributed by atoms with Crippen LogP contribution in [0.2, 0.25) is 0 Å². The Morgan fingerprint density at radius 2 is 1.67 bits per heavy atom. The van der Waals surface area contributed by atoms with Gasteiger partial charge >= 0.3 is 0 Å². The number of thiazole rings is 1. The first-order valence-electron chi connectivity index (χ1n) is 6.62. The highest BCUT2D eigenvalue weighted by Crippen LogP contribution is 2.23. The van der Waals surface area contributed by atoms with Gasteiger partial charge in [-0.1, -0.05) is 65.1 Å². The fraction of sp³-hybridized carbons (Fsp3) is 0.118. The van der Waals surface area contributed by atoms with Crippen LogP contribution in [0.1, 0.15) is 10.7 Å². The third-order valence-corrected chi connectivity index (χ3v) is 4.71. The van der Waals surface area contributed by atoms with Crippen molar-refractivity contribution in [1.82, 2.24) is 4.98 Å². The molecule has 0 aliphatic carbocycles. The monoisotopic (exact) mass is 407 g/mol. The first-order valence-corrected chi connectivity index (χ1v) is 9.03. The van der Waals surface area contributed by atoms with E-state index in [2.05, 4.69) is 57.2 Å². The van der Waals surface area contributed by atoms with Crippen molar-refractivity contribution >= 4 is 33.9 Å². The Morgan fingerprint density at radius 3 is 2.33 bits per heavy atom. The van der Waals surface area contributed by atoms with Crippen LogP contribution in [0.25, 0.3) is 11.1 Å². The van der Waals surface area contributed by atoms with Gasteiger partial charge < -0.3 is 4.74 Å². The minimum atomic E-state index is 0.534. The topological polar surface area (TPSA) is 22.1 Å². The minimum absolute atomic E-state index is 0.534. The number of nitrogens with zero attached hydrogens (tertiary/aromatic N) is 1. The maximum Gasteiger partial charge on any atom is 0.140 e. The molecule has 0 unspecified atom stereocenters. The summed E-state index contributed by atoms with van der Waals surface area (Å²) in [5.41, 5.74) is 3.54. The molecule has 4 heteroatoms. The van der Waals surface area contributed by atoms with Gasteiger partial charge in [-0.25, -0.2) is 4.98 Å². The molecular weight excluding hydrogens is 393 g/mol. The predicted octanol–water partition coefficient (Wildman–Crippen LogP) is 5.32. The van der Waals surface area contributed by atoms with Crippen molar-refractivity contribution in [3.63, 3.8) is 0 Å². The van der Waals surface area contributed by atoms with E-state index in [4.69, 9.17) is 4.74 Å². The number of ether oxygens (including phenoxy) is 1. The molecule has 106 valence electrons. The zero-order chi connectivity index (χ0) is 14.5. The molecule has 3 rings (SSSR count). The Kier molecular flexibility index (Phi) is 4.87. The molecule has 0 saturated heterocycles. The van der Waals surface area contributed by atoms with Gasteiger partial charge in [0.15, 0.2) is 0 Å². The smallest absolute Gasteiger partial charge is 0.140 e. The van der Waals surface area contributed by atoms with Crippen molar-refractivity contribution in [2.75, 3.05) is 0 Å². The van der Waals surface area contributed by atoms with Gasteiger partial charge in [0.2, 0.25) is 0 Å². The standard InChI is InChI=1S/C17H14INOS/c18-10-15-12-21-17(19-15)11-20-16-8-6-14(7-9-16)13-4-2-1-3-5-13/h1-9,12H,10-11H2. The lowest BCUT2D eigenvalue weighted by Crippen LogP contribution is -1.95. The number of rotatable bonds is 5. The molecule has 0 amide bonds. The molecule has 0 radical (unpaired) electrons. The summed E-state index contributed by atoms with van der Waals surface area (Å²) >= 11 is 3.97. The molecule has 21 heavy (non-hydrogen) atoms. The number of halogens is 1. The van der Waals surface area contributed by atoms with E-state index in [1.165, 1.54) is 11.1 Å². The molecule has 0 saturated carbocycles. The summed E-state index contributed by atoms with van der Waals surface area (Å²) < 4.78 is 6.73. The molecular formula is C17H14INOS. The quantitative estimate of drug-likeness (QED) is 0.422. The Balaban J connectivity index is 1.64. The minimum Gasteiger partial charge on any atom is -0.486 e. The van der Waals surface area contributed by atoms with E-state index in [1.807, 2.05) is 30.3 Å². The number of hydrogen-bond donors (Lipinski definition) is 0. The fourth-order valence-electron chi connectivity index (χ4n) is 2.00. The van der Waals surface area contributed by atoms with Crippen molar-refractivity contribution in [1.29, 1.82) is 0 Å². The van der Waals surface area contributed by atoms with Crippen molar-refractivity contribution in [3.05, 3.63) is 70.7 Å². The molecule has 3 aromatic rings. The van der Waals surface area contributed by atoms with Gasteiger partial charge in [0, 0.05) is 9.81 Å². The molecule has 1 heterocycles. The maximum atomic E-state index is 5.79. The second kappa shape index (κ2) is 7.04. The van der Waals surface area contributed by atoms with E-state index in [-0.39, 0.29) is 0 Å². The van der Waals surface area contributed by atoms with Crippen molar-refractivity contribution in [3.8, 4) is 16.9 Å². The molecule has 2 nitrogen and oxygen atoms in total. The second-order valence-corrected chi connectivity index (χ2v) is 6.25. The zero-order valence-electron chi connectivity index (χ0n) is 11.3. The van der Waals surface area contributed by atoms with Crippen LogP contribution in [0.3, 0.4) is 0 Å². The van der Waals surface area contributed by atoms with E-state index in [9.17, 15) is 0 Å². The first-order chi connectivity index (χ1) is 10.3. The lowest BCUT2D eigenvalue weighted by Gasteiger charge is -2.06. The third-order valence-electron chi connectivity index (χ3n) is 3.06. The molecule has 0 bridgehead atoms. The van der Waals surface area contributed by atoms with Crippen LogP contribution < -0.4 is 4.74 Å². The van der Waals surface area contributed by atoms with E-state index in [1.54, 1.807) is 11.3 Å². The highest BCUT2D eigenvalue weighted by Gasteiger charge is 2.03. The van der Waals surface area contributed by atoms with Crippen LogP contribution >= 0.6 is 33.9 Å². The Bertz CT molecular complexity index is 694. The summed E-state index contributed by atoms with van der Waals surface area (Å²) in [6.07, 6.45) is 0. The van der Waals surface area contributed by atoms with Crippen molar-refractivity contribution in [2.45, 2.75) is 11.0 Å². The molecule has 0 spiro atoms. The third kappa shape index (κ3) is 3.83. The van der Waals surface area contributed by atoms with E-state index in [0.29, 0.717) is 6.61 Å². The van der Waals surface area contributed by atoms with E-state index in [0.717, 1.165) is 20.9 Å². The first kappa shape index (κ1) is 14.5. The molecule has 2 aromatic carbocycles. The van der Waals surface area contributed by atoms with Crippen LogP contribution in [0, 0.1) is 0 Å². The van der Waals surface area contributed by atoms with Crippen LogP contribution in [0.5, 0.6) is 5.75 Å². The highest BCUT2D eigenvalue weighted by molar-refractivity contribution is 14.1. The summed E-state index contributed by atoms with van der Waals surface area (Å²) in [6, 6.07) is 18.5. The van der Waals surface area contributed by atoms with Crippen LogP contribution in [0.4, 0.5) is 0 Å². The summed E-state index contributed by atoms with van der Waals surface area (Å²) in [4.78, 5) is 4.49. The van der Waals surface area contributed by atoms with E-state index < -0.39 is 0 Å². The fourth-order valence-corrected chi connectivity index (χ4v) is 3.39. The van der Waals surface area contributed by atoms with Gasteiger partial charge in [-0.3, -0.25) is 0 Å². The average Bonchev–Trinajstić information content (AvgIpc) is 3.02. The Hall–Kier alpha value is -1.40. The van der Waals surface area contributed by atoms with Crippen molar-refractivity contribution < 1.29 is 4.74 Å². The Labute approximate surface area is 142 Å². The largest absolute Gasteiger partial charge is 0.486 e. The van der Waals surface area contributed by atoms with Gasteiger partial charge in [0.05, 0.1) is 5.69 Å². The average molecular weight is 407 g/mol. The molecule has 0 aliphatic rings. The predicted molar refractivity (Wildman–Crippen MR) is 96.0 cm³/mol. The number of hydrogen-bond acceptors (Lipinski definition) is 3. The van der Waals surface area contributed by atoms with Gasteiger partial charge in [-0.05, 0) is 23.3 Å². The van der Waals surface area contributed by atoms with Gasteiger partial charge in [-0.15, -0.1) is 11.3 Å². The van der Waals surface area contributed by atoms with Crippen LogP contribution in [-0.2, 0) is 11.0 Å². The van der Waals surface area contributed by atoms with Crippen LogP contribution in [-0.4, -0.2) is 4.98 Å². The van der Waals surface area contributed by atoms with Crippen molar-refractivity contribution in [2.24, 2.45) is 0 Å². The second-order valence-electron chi connectivity index (χ2n) is 4.55. The maximum absolute atomic E-state index is 5.79. The van der Waals surface area contributed by atoms with Gasteiger partial charge in [-0.2, -0.15) is 0 Å². The van der Waals surface area contributed by atoms with Gasteiger partial charge in [0.1, 0.15) is 17.4 Å². The lowest BCUT2D eigenvalue weighted by molar-refractivity contribution is 0.305. The molecule has 0 aliphatic heterocycles. The summed E-state index contributed by atoms with van der Waals surface area (Å²) in [5, 5.41) is 3.11. The molecule has 0 atom stereocenters. The highest BCUT2D eigenvalue weighted by atomic mass is 127. The number of alkyl halides is 1. The summed E-state index contributed by atoms with van der Waals surface area (Å²) in [7, 11) is 0. The number of benzene rings is 2.